The van der Waals surface area contributed by atoms with E-state index in [1.165, 1.54) is 0 Å². The monoisotopic (exact) mass is 297 g/mol. The zero-order chi connectivity index (χ0) is 15.0. The molecule has 3 aromatic rings. The Hall–Kier alpha value is -2.20. The van der Waals surface area contributed by atoms with Gasteiger partial charge in [-0.1, -0.05) is 18.2 Å². The number of hydrogen-bond acceptors (Lipinski definition) is 3. The number of phenolic OH excluding ortho intramolecular Hbond substituents is 1. The highest BCUT2D eigenvalue weighted by atomic mass is 32.2. The highest BCUT2D eigenvalue weighted by molar-refractivity contribution is 7.98. The number of aromatic hydroxyl groups is 1. The molecule has 0 saturated carbocycles. The predicted octanol–water partition coefficient (Wildman–Crippen LogP) is 3.63. The van der Waals surface area contributed by atoms with Crippen LogP contribution in [0.5, 0.6) is 5.75 Å². The van der Waals surface area contributed by atoms with Crippen molar-refractivity contribution in [1.29, 1.82) is 0 Å². The topological polar surface area (TPSA) is 42.2 Å². The molecule has 3 nitrogen and oxygen atoms in total. The molecule has 3 rings (SSSR count). The first-order valence-corrected chi connectivity index (χ1v) is 7.80. The highest BCUT2D eigenvalue weighted by Gasteiger charge is 2.12. The smallest absolute Gasteiger partial charge is 0.258 e. The van der Waals surface area contributed by atoms with Crippen molar-refractivity contribution in [2.24, 2.45) is 7.05 Å². The minimum absolute atomic E-state index is 0.0325. The third kappa shape index (κ3) is 2.32. The third-order valence-corrected chi connectivity index (χ3v) is 4.31. The van der Waals surface area contributed by atoms with Crippen LogP contribution in [-0.2, 0) is 7.05 Å². The Morgan fingerprint density at radius 3 is 2.48 bits per heavy atom. The molecule has 1 N–H and O–H groups in total. The molecular formula is C17H15NO2S. The minimum atomic E-state index is -0.0325. The predicted molar refractivity (Wildman–Crippen MR) is 88.1 cm³/mol. The van der Waals surface area contributed by atoms with E-state index in [2.05, 4.69) is 0 Å². The van der Waals surface area contributed by atoms with Gasteiger partial charge in [0.25, 0.3) is 5.56 Å². The first-order valence-electron chi connectivity index (χ1n) is 6.57. The summed E-state index contributed by atoms with van der Waals surface area (Å²) in [7, 11) is 1.73. The second-order valence-electron chi connectivity index (χ2n) is 4.89. The number of aromatic nitrogens is 1. The molecule has 0 saturated heterocycles. The van der Waals surface area contributed by atoms with E-state index in [1.807, 2.05) is 42.7 Å². The molecule has 0 atom stereocenters. The Kier molecular flexibility index (Phi) is 3.47. The van der Waals surface area contributed by atoms with E-state index in [0.29, 0.717) is 5.39 Å². The van der Waals surface area contributed by atoms with Crippen molar-refractivity contribution in [3.63, 3.8) is 0 Å². The molecule has 0 unspecified atom stereocenters. The SMILES string of the molecule is CSc1ccc(O)c(-c2cn(C)c(=O)c3ccccc23)c1. The number of pyridine rings is 1. The summed E-state index contributed by atoms with van der Waals surface area (Å²) in [6.07, 6.45) is 3.78. The summed E-state index contributed by atoms with van der Waals surface area (Å²) in [6.45, 7) is 0. The van der Waals surface area contributed by atoms with E-state index >= 15 is 0 Å². The quantitative estimate of drug-likeness (QED) is 0.734. The van der Waals surface area contributed by atoms with Crippen molar-refractivity contribution in [1.82, 2.24) is 4.57 Å². The fourth-order valence-electron chi connectivity index (χ4n) is 2.49. The summed E-state index contributed by atoms with van der Waals surface area (Å²) >= 11 is 1.62. The van der Waals surface area contributed by atoms with Gasteiger partial charge in [-0.15, -0.1) is 11.8 Å². The van der Waals surface area contributed by atoms with Gasteiger partial charge in [-0.3, -0.25) is 4.79 Å². The van der Waals surface area contributed by atoms with Gasteiger partial charge in [0.15, 0.2) is 0 Å². The molecule has 1 heterocycles. The molecule has 1 aromatic heterocycles. The largest absolute Gasteiger partial charge is 0.507 e. The van der Waals surface area contributed by atoms with E-state index < -0.39 is 0 Å². The van der Waals surface area contributed by atoms with Gasteiger partial charge in [-0.05, 0) is 35.9 Å². The molecule has 0 aliphatic carbocycles. The summed E-state index contributed by atoms with van der Waals surface area (Å²) in [4.78, 5) is 13.3. The zero-order valence-electron chi connectivity index (χ0n) is 11.8. The second-order valence-corrected chi connectivity index (χ2v) is 5.77. The van der Waals surface area contributed by atoms with Crippen LogP contribution < -0.4 is 5.56 Å². The van der Waals surface area contributed by atoms with Crippen LogP contribution >= 0.6 is 11.8 Å². The number of hydrogen-bond donors (Lipinski definition) is 1. The van der Waals surface area contributed by atoms with E-state index in [0.717, 1.165) is 21.4 Å². The molecule has 2 aromatic carbocycles. The molecule has 0 amide bonds. The highest BCUT2D eigenvalue weighted by Crippen LogP contribution is 2.35. The second kappa shape index (κ2) is 5.30. The van der Waals surface area contributed by atoms with Gasteiger partial charge in [0.1, 0.15) is 5.75 Å². The lowest BCUT2D eigenvalue weighted by molar-refractivity contribution is 0.477. The van der Waals surface area contributed by atoms with Crippen LogP contribution in [0.25, 0.3) is 21.9 Å². The van der Waals surface area contributed by atoms with Crippen molar-refractivity contribution < 1.29 is 5.11 Å². The fourth-order valence-corrected chi connectivity index (χ4v) is 2.93. The lowest BCUT2D eigenvalue weighted by Gasteiger charge is -2.12. The normalized spacial score (nSPS) is 11.0. The summed E-state index contributed by atoms with van der Waals surface area (Å²) in [5, 5.41) is 11.7. The van der Waals surface area contributed by atoms with Crippen LogP contribution in [0.2, 0.25) is 0 Å². The van der Waals surface area contributed by atoms with Crippen molar-refractivity contribution in [2.75, 3.05) is 6.26 Å². The van der Waals surface area contributed by atoms with Crippen molar-refractivity contribution in [3.05, 3.63) is 59.0 Å². The average Bonchev–Trinajstić information content (AvgIpc) is 2.52. The van der Waals surface area contributed by atoms with Crippen LogP contribution in [0.4, 0.5) is 0 Å². The van der Waals surface area contributed by atoms with Crippen LogP contribution in [0.1, 0.15) is 0 Å². The average molecular weight is 297 g/mol. The van der Waals surface area contributed by atoms with Gasteiger partial charge in [0, 0.05) is 34.7 Å². The van der Waals surface area contributed by atoms with Crippen LogP contribution in [0, 0.1) is 0 Å². The Morgan fingerprint density at radius 1 is 1.05 bits per heavy atom. The molecule has 106 valence electrons. The van der Waals surface area contributed by atoms with E-state index in [9.17, 15) is 9.90 Å². The Bertz CT molecular complexity index is 884. The number of phenols is 1. The van der Waals surface area contributed by atoms with Crippen LogP contribution in [-0.4, -0.2) is 15.9 Å². The number of benzene rings is 2. The molecule has 0 bridgehead atoms. The maximum Gasteiger partial charge on any atom is 0.258 e. The van der Waals surface area contributed by atoms with Gasteiger partial charge in [0.05, 0.1) is 0 Å². The molecule has 0 radical (unpaired) electrons. The van der Waals surface area contributed by atoms with Gasteiger partial charge in [-0.2, -0.15) is 0 Å². The number of aryl methyl sites for hydroxylation is 1. The Morgan fingerprint density at radius 2 is 1.76 bits per heavy atom. The molecular weight excluding hydrogens is 282 g/mol. The van der Waals surface area contributed by atoms with E-state index in [1.54, 1.807) is 35.6 Å². The third-order valence-electron chi connectivity index (χ3n) is 3.58. The van der Waals surface area contributed by atoms with E-state index in [-0.39, 0.29) is 11.3 Å². The van der Waals surface area contributed by atoms with Gasteiger partial charge in [-0.25, -0.2) is 0 Å². The van der Waals surface area contributed by atoms with Crippen molar-refractivity contribution in [2.45, 2.75) is 4.90 Å². The molecule has 0 fully saturated rings. The van der Waals surface area contributed by atoms with Crippen LogP contribution in [0.15, 0.2) is 58.4 Å². The maximum absolute atomic E-state index is 12.2. The van der Waals surface area contributed by atoms with Gasteiger partial charge < -0.3 is 9.67 Å². The Labute approximate surface area is 126 Å². The van der Waals surface area contributed by atoms with Gasteiger partial charge >= 0.3 is 0 Å². The molecule has 0 spiro atoms. The number of nitrogens with zero attached hydrogens (tertiary/aromatic N) is 1. The molecule has 0 aliphatic rings. The first kappa shape index (κ1) is 13.8. The summed E-state index contributed by atoms with van der Waals surface area (Å²) < 4.78 is 1.56. The summed E-state index contributed by atoms with van der Waals surface area (Å²) in [6, 6.07) is 13.0. The molecule has 21 heavy (non-hydrogen) atoms. The zero-order valence-corrected chi connectivity index (χ0v) is 12.6. The van der Waals surface area contributed by atoms with Gasteiger partial charge in [0.2, 0.25) is 0 Å². The standard InChI is InChI=1S/C17H15NO2S/c1-18-10-15(12-5-3-4-6-13(12)17(18)20)14-9-11(21-2)7-8-16(14)19/h3-10,19H,1-2H3. The number of fused-ring (bicyclic) bond motifs is 1. The number of rotatable bonds is 2. The maximum atomic E-state index is 12.2. The van der Waals surface area contributed by atoms with Crippen molar-refractivity contribution in [3.8, 4) is 16.9 Å². The Balaban J connectivity index is 2.41. The molecule has 0 aliphatic heterocycles. The van der Waals surface area contributed by atoms with Crippen molar-refractivity contribution >= 4 is 22.5 Å². The first-order chi connectivity index (χ1) is 10.1. The number of thioether (sulfide) groups is 1. The summed E-state index contributed by atoms with van der Waals surface area (Å²) in [5.74, 6) is 0.219. The summed E-state index contributed by atoms with van der Waals surface area (Å²) in [5.41, 5.74) is 1.57. The minimum Gasteiger partial charge on any atom is -0.507 e. The molecule has 4 heteroatoms. The lowest BCUT2D eigenvalue weighted by atomic mass is 10.00. The van der Waals surface area contributed by atoms with E-state index in [4.69, 9.17) is 0 Å². The lowest BCUT2D eigenvalue weighted by Crippen LogP contribution is -2.16. The fraction of sp³-hybridized carbons (Fsp3) is 0.118. The van der Waals surface area contributed by atoms with Crippen LogP contribution in [0.3, 0.4) is 0 Å².